The number of carbonyl (C=O) groups excluding carboxylic acids is 2. The molecule has 0 heterocycles. The van der Waals surface area contributed by atoms with E-state index in [9.17, 15) is 19.0 Å². The van der Waals surface area contributed by atoms with Gasteiger partial charge in [0.05, 0.1) is 33.8 Å². The molecule has 0 saturated heterocycles. The Kier molecular flexibility index (Phi) is 51.3. The van der Waals surface area contributed by atoms with E-state index in [1.54, 1.807) is 0 Å². The normalized spacial score (nSPS) is 13.7. The van der Waals surface area contributed by atoms with Crippen LogP contribution in [0.3, 0.4) is 0 Å². The van der Waals surface area contributed by atoms with Gasteiger partial charge in [0.25, 0.3) is 0 Å². The molecule has 10 heteroatoms. The summed E-state index contributed by atoms with van der Waals surface area (Å²) in [6, 6.07) is -0.838. The van der Waals surface area contributed by atoms with Gasteiger partial charge in [0, 0.05) is 12.8 Å². The molecule has 422 valence electrons. The predicted molar refractivity (Wildman–Crippen MR) is 305 cm³/mol. The summed E-state index contributed by atoms with van der Waals surface area (Å²) in [6.07, 6.45) is 59.2. The second-order valence-corrected chi connectivity index (χ2v) is 24.1. The van der Waals surface area contributed by atoms with Crippen molar-refractivity contribution in [1.29, 1.82) is 0 Å². The molecule has 0 aromatic rings. The number of unbranched alkanes of at least 4 members (excludes halogenated alkanes) is 41. The van der Waals surface area contributed by atoms with Crippen LogP contribution in [0.2, 0.25) is 0 Å². The number of rotatable bonds is 57. The van der Waals surface area contributed by atoms with Crippen LogP contribution in [0.25, 0.3) is 0 Å². The number of allylic oxidation sites excluding steroid dienone is 1. The Bertz CT molecular complexity index is 1230. The van der Waals surface area contributed by atoms with Crippen LogP contribution in [0, 0.1) is 0 Å². The summed E-state index contributed by atoms with van der Waals surface area (Å²) in [7, 11) is 1.52. The molecular weight excluding hydrogens is 904 g/mol. The molecule has 3 atom stereocenters. The molecule has 2 N–H and O–H groups in total. The Labute approximate surface area is 441 Å². The SMILES string of the molecule is CCCCCCCCCCC/C=C/C(OC(=O)CCCCCCCCCCCCCCCCC)C(COP(=O)(O)OCC[N+](C)(C)C)NC(=O)CCCCCCCCCCCCCCCCCCCCC. The zero-order chi connectivity index (χ0) is 52.2. The summed E-state index contributed by atoms with van der Waals surface area (Å²) < 4.78 is 30.7. The first kappa shape index (κ1) is 69.8. The van der Waals surface area contributed by atoms with Crippen LogP contribution in [0.1, 0.15) is 316 Å². The van der Waals surface area contributed by atoms with Crippen molar-refractivity contribution in [1.82, 2.24) is 5.32 Å². The summed E-state index contributed by atoms with van der Waals surface area (Å²) in [6.45, 7) is 7.06. The minimum atomic E-state index is -4.44. The van der Waals surface area contributed by atoms with Crippen LogP contribution in [-0.4, -0.2) is 74.3 Å². The largest absolute Gasteiger partial charge is 0.472 e. The van der Waals surface area contributed by atoms with Gasteiger partial charge in [0.15, 0.2) is 0 Å². The van der Waals surface area contributed by atoms with E-state index in [-0.39, 0.29) is 25.1 Å². The number of ether oxygens (including phenoxy) is 1. The topological polar surface area (TPSA) is 111 Å². The first-order valence-corrected chi connectivity index (χ1v) is 32.5. The van der Waals surface area contributed by atoms with Crippen LogP contribution < -0.4 is 5.32 Å². The van der Waals surface area contributed by atoms with Crippen molar-refractivity contribution in [2.24, 2.45) is 0 Å². The number of nitrogens with one attached hydrogen (secondary N) is 1. The van der Waals surface area contributed by atoms with E-state index in [0.717, 1.165) is 57.8 Å². The molecule has 0 aliphatic rings. The molecule has 0 aliphatic heterocycles. The molecule has 1 amide bonds. The lowest BCUT2D eigenvalue weighted by atomic mass is 10.0. The van der Waals surface area contributed by atoms with Crippen LogP contribution in [0.15, 0.2) is 12.2 Å². The van der Waals surface area contributed by atoms with Crippen molar-refractivity contribution >= 4 is 19.7 Å². The molecular formula is C61H122N2O7P+. The fourth-order valence-corrected chi connectivity index (χ4v) is 10.1. The highest BCUT2D eigenvalue weighted by atomic mass is 31.2. The number of hydrogen-bond acceptors (Lipinski definition) is 6. The van der Waals surface area contributed by atoms with Gasteiger partial charge in [-0.1, -0.05) is 284 Å². The number of carbonyl (C=O) groups is 2. The zero-order valence-electron chi connectivity index (χ0n) is 48.2. The molecule has 0 fully saturated rings. The lowest BCUT2D eigenvalue weighted by Crippen LogP contribution is -2.47. The monoisotopic (exact) mass is 1030 g/mol. The third-order valence-corrected chi connectivity index (χ3v) is 15.2. The zero-order valence-corrected chi connectivity index (χ0v) is 49.1. The molecule has 9 nitrogen and oxygen atoms in total. The molecule has 71 heavy (non-hydrogen) atoms. The van der Waals surface area contributed by atoms with Gasteiger partial charge in [-0.3, -0.25) is 18.6 Å². The number of phosphoric acid groups is 1. The van der Waals surface area contributed by atoms with Crippen molar-refractivity contribution in [3.05, 3.63) is 12.2 Å². The quantitative estimate of drug-likeness (QED) is 0.0205. The summed E-state index contributed by atoms with van der Waals surface area (Å²) in [4.78, 5) is 37.6. The van der Waals surface area contributed by atoms with E-state index in [2.05, 4.69) is 26.1 Å². The number of hydrogen-bond donors (Lipinski definition) is 2. The number of esters is 1. The maximum Gasteiger partial charge on any atom is 0.472 e. The van der Waals surface area contributed by atoms with Crippen molar-refractivity contribution in [2.75, 3.05) is 40.9 Å². The summed E-state index contributed by atoms with van der Waals surface area (Å²) in [5.41, 5.74) is 0. The van der Waals surface area contributed by atoms with E-state index < -0.39 is 20.0 Å². The Morgan fingerprint density at radius 2 is 0.803 bits per heavy atom. The van der Waals surface area contributed by atoms with Gasteiger partial charge in [-0.05, 0) is 31.8 Å². The van der Waals surface area contributed by atoms with E-state index in [1.807, 2.05) is 33.3 Å². The molecule has 0 bridgehead atoms. The third-order valence-electron chi connectivity index (χ3n) is 14.2. The highest BCUT2D eigenvalue weighted by Crippen LogP contribution is 2.43. The maximum absolute atomic E-state index is 13.5. The van der Waals surface area contributed by atoms with E-state index >= 15 is 0 Å². The van der Waals surface area contributed by atoms with Gasteiger partial charge < -0.3 is 19.4 Å². The number of likely N-dealkylation sites (N-methyl/N-ethyl adjacent to an activating group) is 1. The van der Waals surface area contributed by atoms with Gasteiger partial charge in [0.1, 0.15) is 19.3 Å². The van der Waals surface area contributed by atoms with Gasteiger partial charge >= 0.3 is 13.8 Å². The molecule has 0 aromatic carbocycles. The van der Waals surface area contributed by atoms with Crippen LogP contribution in [-0.2, 0) is 27.9 Å². The average molecular weight is 1030 g/mol. The standard InChI is InChI=1S/C61H121N2O7P/c1-7-10-13-16-19-22-25-27-29-30-31-32-34-35-38-41-44-47-50-53-60(64)62-58(57-69-71(66,67)68-56-55-63(4,5)6)59(52-49-46-43-40-37-24-21-18-15-12-9-3)70-61(65)54-51-48-45-42-39-36-33-28-26-23-20-17-14-11-8-2/h49,52,58-59H,7-48,50-51,53-57H2,1-6H3,(H-,62,64,66,67)/p+1/b52-49+. The Balaban J connectivity index is 5.17. The Hall–Kier alpha value is -1.25. The van der Waals surface area contributed by atoms with Crippen molar-refractivity contribution in [2.45, 2.75) is 328 Å². The highest BCUT2D eigenvalue weighted by Gasteiger charge is 2.30. The van der Waals surface area contributed by atoms with E-state index in [1.165, 1.54) is 225 Å². The Morgan fingerprint density at radius 1 is 0.479 bits per heavy atom. The fraction of sp³-hybridized carbons (Fsp3) is 0.934. The molecule has 3 unspecified atom stereocenters. The molecule has 0 saturated carbocycles. The van der Waals surface area contributed by atoms with Crippen LogP contribution >= 0.6 is 7.82 Å². The average Bonchev–Trinajstić information content (AvgIpc) is 3.33. The highest BCUT2D eigenvalue weighted by molar-refractivity contribution is 7.47. The van der Waals surface area contributed by atoms with E-state index in [0.29, 0.717) is 23.9 Å². The summed E-state index contributed by atoms with van der Waals surface area (Å²) >= 11 is 0. The van der Waals surface area contributed by atoms with Gasteiger partial charge in [-0.2, -0.15) is 0 Å². The minimum absolute atomic E-state index is 0.0457. The van der Waals surface area contributed by atoms with Gasteiger partial charge in [0.2, 0.25) is 5.91 Å². The Morgan fingerprint density at radius 3 is 1.15 bits per heavy atom. The van der Waals surface area contributed by atoms with Crippen LogP contribution in [0.5, 0.6) is 0 Å². The van der Waals surface area contributed by atoms with E-state index in [4.69, 9.17) is 13.8 Å². The van der Waals surface area contributed by atoms with Crippen molar-refractivity contribution in [3.8, 4) is 0 Å². The molecule has 0 spiro atoms. The van der Waals surface area contributed by atoms with Gasteiger partial charge in [-0.15, -0.1) is 0 Å². The third kappa shape index (κ3) is 53.4. The second kappa shape index (κ2) is 52.2. The molecule has 0 aliphatic carbocycles. The van der Waals surface area contributed by atoms with Gasteiger partial charge in [-0.25, -0.2) is 4.57 Å². The first-order valence-electron chi connectivity index (χ1n) is 31.0. The lowest BCUT2D eigenvalue weighted by molar-refractivity contribution is -0.870. The second-order valence-electron chi connectivity index (χ2n) is 22.6. The molecule has 0 rings (SSSR count). The predicted octanol–water partition coefficient (Wildman–Crippen LogP) is 18.8. The number of amides is 1. The lowest BCUT2D eigenvalue weighted by Gasteiger charge is -2.27. The molecule has 0 aromatic heterocycles. The number of nitrogens with zero attached hydrogens (tertiary/aromatic N) is 1. The first-order chi connectivity index (χ1) is 34.4. The number of phosphoric ester groups is 1. The van der Waals surface area contributed by atoms with Crippen molar-refractivity contribution in [3.63, 3.8) is 0 Å². The molecule has 0 radical (unpaired) electrons. The smallest absolute Gasteiger partial charge is 0.456 e. The van der Waals surface area contributed by atoms with Crippen molar-refractivity contribution < 1.29 is 37.3 Å². The maximum atomic E-state index is 13.5. The summed E-state index contributed by atoms with van der Waals surface area (Å²) in [5.74, 6) is -0.484. The minimum Gasteiger partial charge on any atom is -0.456 e. The number of quaternary nitrogens is 1. The van der Waals surface area contributed by atoms with Crippen LogP contribution in [0.4, 0.5) is 0 Å². The summed E-state index contributed by atoms with van der Waals surface area (Å²) in [5, 5.41) is 3.06. The fourth-order valence-electron chi connectivity index (χ4n) is 9.41.